The molecule has 0 unspecified atom stereocenters. The summed E-state index contributed by atoms with van der Waals surface area (Å²) in [5.41, 5.74) is 8.17. The fraction of sp³-hybridized carbons (Fsp3) is 0.364. The van der Waals surface area contributed by atoms with Gasteiger partial charge in [0.2, 0.25) is 0 Å². The Morgan fingerprint density at radius 2 is 2.11 bits per heavy atom. The van der Waals surface area contributed by atoms with Gasteiger partial charge in [-0.25, -0.2) is 13.1 Å². The lowest BCUT2D eigenvalue weighted by molar-refractivity contribution is 0.581. The van der Waals surface area contributed by atoms with Crippen molar-refractivity contribution in [3.8, 4) is 11.4 Å². The molecule has 19 heavy (non-hydrogen) atoms. The first-order valence-corrected chi connectivity index (χ1v) is 7.74. The van der Waals surface area contributed by atoms with Gasteiger partial charge < -0.3 is 5.73 Å². The normalized spacial score (nSPS) is 11.7. The summed E-state index contributed by atoms with van der Waals surface area (Å²) in [4.78, 5) is 0. The van der Waals surface area contributed by atoms with Gasteiger partial charge >= 0.3 is 0 Å². The quantitative estimate of drug-likeness (QED) is 0.807. The summed E-state index contributed by atoms with van der Waals surface area (Å²) in [7, 11) is -3.06. The van der Waals surface area contributed by atoms with Crippen LogP contribution in [0.25, 0.3) is 11.4 Å². The van der Waals surface area contributed by atoms with Crippen LogP contribution >= 0.6 is 0 Å². The molecule has 1 heterocycles. The molecule has 0 amide bonds. The van der Waals surface area contributed by atoms with Crippen LogP contribution < -0.4 is 5.73 Å². The largest absolute Gasteiger partial charge is 0.398 e. The van der Waals surface area contributed by atoms with E-state index in [-0.39, 0.29) is 12.3 Å². The van der Waals surface area contributed by atoms with Crippen LogP contribution in [0.4, 0.5) is 5.69 Å². The Balaban J connectivity index is 2.36. The van der Waals surface area contributed by atoms with Crippen LogP contribution in [-0.2, 0) is 16.4 Å². The number of nitrogens with zero attached hydrogens (tertiary/aromatic N) is 4. The fourth-order valence-corrected chi connectivity index (χ4v) is 2.20. The number of aryl methyl sites for hydroxylation is 1. The molecule has 102 valence electrons. The Bertz CT molecular complexity index is 693. The molecular formula is C11H15N5O2S. The average Bonchev–Trinajstić information content (AvgIpc) is 2.77. The number of nitrogen functional groups attached to an aromatic ring is 1. The van der Waals surface area contributed by atoms with E-state index in [0.717, 1.165) is 11.1 Å². The van der Waals surface area contributed by atoms with E-state index < -0.39 is 9.84 Å². The van der Waals surface area contributed by atoms with Crippen LogP contribution in [-0.4, -0.2) is 40.6 Å². The van der Waals surface area contributed by atoms with Crippen LogP contribution in [0.5, 0.6) is 0 Å². The maximum Gasteiger partial charge on any atom is 0.182 e. The summed E-state index contributed by atoms with van der Waals surface area (Å²) in [6.45, 7) is 2.09. The lowest BCUT2D eigenvalue weighted by Gasteiger charge is -2.08. The van der Waals surface area contributed by atoms with E-state index in [1.165, 1.54) is 10.9 Å². The minimum Gasteiger partial charge on any atom is -0.398 e. The highest BCUT2D eigenvalue weighted by Gasteiger charge is 2.14. The molecule has 2 N–H and O–H groups in total. The molecule has 0 spiro atoms. The molecule has 0 radical (unpaired) electrons. The lowest BCUT2D eigenvalue weighted by Crippen LogP contribution is -2.13. The Morgan fingerprint density at radius 1 is 1.37 bits per heavy atom. The smallest absolute Gasteiger partial charge is 0.182 e. The molecule has 7 nitrogen and oxygen atoms in total. The summed E-state index contributed by atoms with van der Waals surface area (Å²) in [5.74, 6) is 0.514. The highest BCUT2D eigenvalue weighted by atomic mass is 32.2. The summed E-state index contributed by atoms with van der Waals surface area (Å²) in [6.07, 6.45) is 1.18. The van der Waals surface area contributed by atoms with Crippen molar-refractivity contribution in [2.45, 2.75) is 13.5 Å². The second kappa shape index (κ2) is 4.96. The molecule has 2 aromatic rings. The number of hydrogen-bond acceptors (Lipinski definition) is 6. The third-order valence-corrected chi connectivity index (χ3v) is 3.75. The molecule has 2 rings (SSSR count). The summed E-state index contributed by atoms with van der Waals surface area (Å²) < 4.78 is 23.9. The van der Waals surface area contributed by atoms with E-state index in [1.54, 1.807) is 6.07 Å². The van der Waals surface area contributed by atoms with Gasteiger partial charge in [0.15, 0.2) is 5.82 Å². The molecule has 0 aliphatic carbocycles. The van der Waals surface area contributed by atoms with Gasteiger partial charge in [0.05, 0.1) is 12.3 Å². The SMILES string of the molecule is Cc1c(N)cccc1-c1nnnn1CCS(C)(=O)=O. The predicted octanol–water partition coefficient (Wildman–Crippen LogP) is 0.275. The van der Waals surface area contributed by atoms with Gasteiger partial charge in [0.25, 0.3) is 0 Å². The average molecular weight is 281 g/mol. The second-order valence-corrected chi connectivity index (χ2v) is 6.64. The number of aromatic nitrogens is 4. The van der Waals surface area contributed by atoms with E-state index >= 15 is 0 Å². The number of nitrogens with two attached hydrogens (primary N) is 1. The molecule has 1 aromatic heterocycles. The first kappa shape index (κ1) is 13.5. The second-order valence-electron chi connectivity index (χ2n) is 4.38. The molecule has 0 aliphatic heterocycles. The predicted molar refractivity (Wildman–Crippen MR) is 72.1 cm³/mol. The first-order valence-electron chi connectivity index (χ1n) is 5.68. The van der Waals surface area contributed by atoms with Crippen LogP contribution in [0.2, 0.25) is 0 Å². The Morgan fingerprint density at radius 3 is 2.79 bits per heavy atom. The zero-order valence-electron chi connectivity index (χ0n) is 10.7. The van der Waals surface area contributed by atoms with Crippen molar-refractivity contribution in [3.05, 3.63) is 23.8 Å². The van der Waals surface area contributed by atoms with E-state index in [4.69, 9.17) is 5.73 Å². The Labute approximate surface area is 111 Å². The van der Waals surface area contributed by atoms with Crippen molar-refractivity contribution >= 4 is 15.5 Å². The van der Waals surface area contributed by atoms with Gasteiger partial charge in [0, 0.05) is 17.5 Å². The number of sulfone groups is 1. The molecule has 0 saturated carbocycles. The van der Waals surface area contributed by atoms with Gasteiger partial charge in [-0.2, -0.15) is 0 Å². The molecule has 0 atom stereocenters. The van der Waals surface area contributed by atoms with Crippen molar-refractivity contribution in [1.29, 1.82) is 0 Å². The Kier molecular flexibility index (Phi) is 3.52. The summed E-state index contributed by atoms with van der Waals surface area (Å²) in [5, 5.41) is 11.4. The van der Waals surface area contributed by atoms with Crippen molar-refractivity contribution in [2.24, 2.45) is 0 Å². The van der Waals surface area contributed by atoms with Crippen LogP contribution in [0.1, 0.15) is 5.56 Å². The number of benzene rings is 1. The molecule has 0 saturated heterocycles. The maximum atomic E-state index is 11.2. The molecule has 0 fully saturated rings. The zero-order chi connectivity index (χ0) is 14.0. The van der Waals surface area contributed by atoms with Gasteiger partial charge in [-0.3, -0.25) is 0 Å². The van der Waals surface area contributed by atoms with Gasteiger partial charge in [0.1, 0.15) is 9.84 Å². The van der Waals surface area contributed by atoms with E-state index in [1.807, 2.05) is 19.1 Å². The molecule has 0 bridgehead atoms. The van der Waals surface area contributed by atoms with E-state index in [9.17, 15) is 8.42 Å². The topological polar surface area (TPSA) is 104 Å². The molecule has 8 heteroatoms. The minimum absolute atomic E-state index is 0.00754. The van der Waals surface area contributed by atoms with Crippen molar-refractivity contribution in [1.82, 2.24) is 20.2 Å². The summed E-state index contributed by atoms with van der Waals surface area (Å²) in [6, 6.07) is 5.46. The molecule has 1 aromatic carbocycles. The van der Waals surface area contributed by atoms with E-state index in [0.29, 0.717) is 11.5 Å². The van der Waals surface area contributed by atoms with Gasteiger partial charge in [-0.05, 0) is 29.0 Å². The van der Waals surface area contributed by atoms with Gasteiger partial charge in [-0.1, -0.05) is 12.1 Å². The van der Waals surface area contributed by atoms with Gasteiger partial charge in [-0.15, -0.1) is 5.10 Å². The van der Waals surface area contributed by atoms with Crippen LogP contribution in [0.15, 0.2) is 18.2 Å². The lowest BCUT2D eigenvalue weighted by atomic mass is 10.1. The highest BCUT2D eigenvalue weighted by Crippen LogP contribution is 2.24. The zero-order valence-corrected chi connectivity index (χ0v) is 11.6. The van der Waals surface area contributed by atoms with Crippen molar-refractivity contribution in [3.63, 3.8) is 0 Å². The van der Waals surface area contributed by atoms with E-state index in [2.05, 4.69) is 15.5 Å². The molecule has 0 aliphatic rings. The van der Waals surface area contributed by atoms with Crippen LogP contribution in [0.3, 0.4) is 0 Å². The first-order chi connectivity index (χ1) is 8.88. The standard InChI is InChI=1S/C11H15N5O2S/c1-8-9(4-3-5-10(8)12)11-13-14-15-16(11)6-7-19(2,17)18/h3-5H,6-7,12H2,1-2H3. The highest BCUT2D eigenvalue weighted by molar-refractivity contribution is 7.90. The fourth-order valence-electron chi connectivity index (χ4n) is 1.70. The maximum absolute atomic E-state index is 11.2. The summed E-state index contributed by atoms with van der Waals surface area (Å²) >= 11 is 0. The molecular weight excluding hydrogens is 266 g/mol. The number of anilines is 1. The minimum atomic E-state index is -3.06. The van der Waals surface area contributed by atoms with Crippen molar-refractivity contribution < 1.29 is 8.42 Å². The van der Waals surface area contributed by atoms with Crippen molar-refractivity contribution in [2.75, 3.05) is 17.7 Å². The third-order valence-electron chi connectivity index (χ3n) is 2.82. The Hall–Kier alpha value is -1.96. The monoisotopic (exact) mass is 281 g/mol. The number of tetrazole rings is 1. The number of hydrogen-bond donors (Lipinski definition) is 1. The third kappa shape index (κ3) is 3.08. The number of rotatable bonds is 4. The van der Waals surface area contributed by atoms with Crippen LogP contribution in [0, 0.1) is 6.92 Å².